The Labute approximate surface area is 85.1 Å². The maximum Gasteiger partial charge on any atom is 0.150 e. The van der Waals surface area contributed by atoms with E-state index in [0.717, 1.165) is 0 Å². The quantitative estimate of drug-likeness (QED) is 0.526. The van der Waals surface area contributed by atoms with Crippen LogP contribution in [0.15, 0.2) is 35.5 Å². The first-order chi connectivity index (χ1) is 6.83. The second kappa shape index (κ2) is 3.62. The van der Waals surface area contributed by atoms with Gasteiger partial charge in [-0.25, -0.2) is 4.39 Å². The van der Waals surface area contributed by atoms with Gasteiger partial charge in [-0.2, -0.15) is 4.99 Å². The predicted molar refractivity (Wildman–Crippen MR) is 56.4 cm³/mol. The highest BCUT2D eigenvalue weighted by Crippen LogP contribution is 2.27. The molecule has 0 N–H and O–H groups in total. The van der Waals surface area contributed by atoms with Crippen LogP contribution in [-0.4, -0.2) is 10.1 Å². The molecule has 68 valence electrons. The van der Waals surface area contributed by atoms with Gasteiger partial charge in [-0.15, -0.1) is 0 Å². The minimum atomic E-state index is -0.414. The standard InChI is InChI=1S/C10H5FN2S/c11-8-3-4-9-7(2-1-5-12-9)10(8)13-6-14/h1-5H. The zero-order valence-corrected chi connectivity index (χ0v) is 7.88. The normalized spacial score (nSPS) is 9.79. The SMILES string of the molecule is Fc1ccc2ncccc2c1N=C=S. The number of hydrogen-bond acceptors (Lipinski definition) is 3. The predicted octanol–water partition coefficient (Wildman–Crippen LogP) is 3.11. The summed E-state index contributed by atoms with van der Waals surface area (Å²) in [6.45, 7) is 0. The summed E-state index contributed by atoms with van der Waals surface area (Å²) in [7, 11) is 0. The van der Waals surface area contributed by atoms with Crippen molar-refractivity contribution in [2.24, 2.45) is 4.99 Å². The van der Waals surface area contributed by atoms with Crippen LogP contribution in [0.1, 0.15) is 0 Å². The summed E-state index contributed by atoms with van der Waals surface area (Å²) < 4.78 is 13.3. The lowest BCUT2D eigenvalue weighted by molar-refractivity contribution is 0.632. The van der Waals surface area contributed by atoms with Crippen molar-refractivity contribution in [3.8, 4) is 0 Å². The van der Waals surface area contributed by atoms with Gasteiger partial charge in [0.25, 0.3) is 0 Å². The second-order valence-electron chi connectivity index (χ2n) is 2.67. The van der Waals surface area contributed by atoms with Crippen molar-refractivity contribution in [3.05, 3.63) is 36.3 Å². The first-order valence-electron chi connectivity index (χ1n) is 3.94. The number of nitrogens with zero attached hydrogens (tertiary/aromatic N) is 2. The molecule has 4 heteroatoms. The Morgan fingerprint density at radius 1 is 1.36 bits per heavy atom. The van der Waals surface area contributed by atoms with Gasteiger partial charge in [-0.3, -0.25) is 4.98 Å². The van der Waals surface area contributed by atoms with E-state index < -0.39 is 5.82 Å². The molecule has 1 aromatic carbocycles. The fourth-order valence-corrected chi connectivity index (χ4v) is 1.36. The van der Waals surface area contributed by atoms with Crippen molar-refractivity contribution < 1.29 is 4.39 Å². The number of hydrogen-bond donors (Lipinski definition) is 0. The summed E-state index contributed by atoms with van der Waals surface area (Å²) >= 11 is 4.45. The van der Waals surface area contributed by atoms with Crippen LogP contribution < -0.4 is 0 Å². The highest BCUT2D eigenvalue weighted by atomic mass is 32.1. The molecular formula is C10H5FN2S. The van der Waals surface area contributed by atoms with E-state index in [4.69, 9.17) is 0 Å². The van der Waals surface area contributed by atoms with Gasteiger partial charge in [0.15, 0.2) is 0 Å². The van der Waals surface area contributed by atoms with Gasteiger partial charge in [-0.05, 0) is 36.5 Å². The van der Waals surface area contributed by atoms with Crippen LogP contribution in [0.2, 0.25) is 0 Å². The van der Waals surface area contributed by atoms with Crippen molar-refractivity contribution in [2.45, 2.75) is 0 Å². The molecule has 2 rings (SSSR count). The molecular weight excluding hydrogens is 199 g/mol. The van der Waals surface area contributed by atoms with Gasteiger partial charge >= 0.3 is 0 Å². The third-order valence-corrected chi connectivity index (χ3v) is 1.96. The molecule has 0 fully saturated rings. The summed E-state index contributed by atoms with van der Waals surface area (Å²) in [6, 6.07) is 6.40. The lowest BCUT2D eigenvalue weighted by Crippen LogP contribution is -1.81. The number of benzene rings is 1. The van der Waals surface area contributed by atoms with Crippen molar-refractivity contribution in [3.63, 3.8) is 0 Å². The summed E-state index contributed by atoms with van der Waals surface area (Å²) in [5.41, 5.74) is 0.892. The Morgan fingerprint density at radius 2 is 2.21 bits per heavy atom. The van der Waals surface area contributed by atoms with Gasteiger partial charge in [0.05, 0.1) is 10.7 Å². The highest BCUT2D eigenvalue weighted by Gasteiger charge is 2.05. The molecule has 0 aliphatic rings. The van der Waals surface area contributed by atoms with Crippen molar-refractivity contribution in [1.82, 2.24) is 4.98 Å². The van der Waals surface area contributed by atoms with Crippen molar-refractivity contribution in [1.29, 1.82) is 0 Å². The number of pyridine rings is 1. The summed E-state index contributed by atoms with van der Waals surface area (Å²) in [5, 5.41) is 2.80. The van der Waals surface area contributed by atoms with Crippen molar-refractivity contribution in [2.75, 3.05) is 0 Å². The first-order valence-corrected chi connectivity index (χ1v) is 4.35. The molecule has 0 saturated heterocycles. The maximum atomic E-state index is 13.3. The molecule has 0 spiro atoms. The fraction of sp³-hybridized carbons (Fsp3) is 0. The Balaban J connectivity index is 2.89. The van der Waals surface area contributed by atoms with Gasteiger partial charge in [0.2, 0.25) is 0 Å². The molecule has 0 amide bonds. The number of thiocarbonyl (C=S) groups is 1. The molecule has 0 aliphatic heterocycles. The van der Waals surface area contributed by atoms with E-state index in [-0.39, 0.29) is 5.69 Å². The first kappa shape index (κ1) is 8.94. The van der Waals surface area contributed by atoms with Crippen LogP contribution in [-0.2, 0) is 0 Å². The second-order valence-corrected chi connectivity index (χ2v) is 2.85. The Morgan fingerprint density at radius 3 is 3.00 bits per heavy atom. The van der Waals surface area contributed by atoms with Crippen LogP contribution in [0.5, 0.6) is 0 Å². The van der Waals surface area contributed by atoms with Crippen molar-refractivity contribution >= 4 is 34.0 Å². The third kappa shape index (κ3) is 1.41. The van der Waals surface area contributed by atoms with Crippen LogP contribution in [0.25, 0.3) is 10.9 Å². The van der Waals surface area contributed by atoms with Gasteiger partial charge in [-0.1, -0.05) is 0 Å². The number of fused-ring (bicyclic) bond motifs is 1. The molecule has 2 nitrogen and oxygen atoms in total. The molecule has 1 heterocycles. The summed E-state index contributed by atoms with van der Waals surface area (Å²) in [4.78, 5) is 7.76. The molecule has 0 bridgehead atoms. The number of halogens is 1. The Kier molecular flexibility index (Phi) is 2.31. The third-order valence-electron chi connectivity index (χ3n) is 1.86. The Hall–Kier alpha value is -1.64. The van der Waals surface area contributed by atoms with E-state index in [9.17, 15) is 4.39 Å². The molecule has 0 unspecified atom stereocenters. The molecule has 0 atom stereocenters. The summed E-state index contributed by atoms with van der Waals surface area (Å²) in [6.07, 6.45) is 1.64. The highest BCUT2D eigenvalue weighted by molar-refractivity contribution is 7.78. The smallest absolute Gasteiger partial charge is 0.150 e. The zero-order chi connectivity index (χ0) is 9.97. The van der Waals surface area contributed by atoms with Gasteiger partial charge in [0, 0.05) is 11.6 Å². The van der Waals surface area contributed by atoms with E-state index >= 15 is 0 Å². The lowest BCUT2D eigenvalue weighted by atomic mass is 10.2. The van der Waals surface area contributed by atoms with Crippen LogP contribution in [0.4, 0.5) is 10.1 Å². The topological polar surface area (TPSA) is 25.2 Å². The van der Waals surface area contributed by atoms with Crippen LogP contribution in [0.3, 0.4) is 0 Å². The van der Waals surface area contributed by atoms with E-state index in [0.29, 0.717) is 10.9 Å². The van der Waals surface area contributed by atoms with Crippen LogP contribution >= 0.6 is 12.2 Å². The monoisotopic (exact) mass is 204 g/mol. The number of aromatic nitrogens is 1. The number of rotatable bonds is 1. The molecule has 2 aromatic rings. The minimum Gasteiger partial charge on any atom is -0.256 e. The van der Waals surface area contributed by atoms with E-state index in [1.807, 2.05) is 0 Å². The Bertz CT molecular complexity index is 533. The minimum absolute atomic E-state index is 0.200. The largest absolute Gasteiger partial charge is 0.256 e. The van der Waals surface area contributed by atoms with E-state index in [1.165, 1.54) is 6.07 Å². The summed E-state index contributed by atoms with van der Waals surface area (Å²) in [5.74, 6) is -0.414. The van der Waals surface area contributed by atoms with Crippen LogP contribution in [0, 0.1) is 5.82 Å². The maximum absolute atomic E-state index is 13.3. The van der Waals surface area contributed by atoms with Gasteiger partial charge in [0.1, 0.15) is 11.5 Å². The average molecular weight is 204 g/mol. The molecule has 1 aromatic heterocycles. The lowest BCUT2D eigenvalue weighted by Gasteiger charge is -2.00. The number of isothiocyanates is 1. The molecule has 14 heavy (non-hydrogen) atoms. The molecule has 0 radical (unpaired) electrons. The fourth-order valence-electron chi connectivity index (χ4n) is 1.27. The van der Waals surface area contributed by atoms with E-state index in [1.54, 1.807) is 24.4 Å². The number of aliphatic imine (C=N–C) groups is 1. The van der Waals surface area contributed by atoms with Gasteiger partial charge < -0.3 is 0 Å². The molecule has 0 saturated carbocycles. The zero-order valence-electron chi connectivity index (χ0n) is 7.07. The van der Waals surface area contributed by atoms with E-state index in [2.05, 4.69) is 27.4 Å². The average Bonchev–Trinajstić information content (AvgIpc) is 2.23. The molecule has 0 aliphatic carbocycles.